The first kappa shape index (κ1) is 15.5. The number of nitrogens with one attached hydrogen (secondary N) is 3. The fourth-order valence-electron chi connectivity index (χ4n) is 3.44. The molecule has 1 aliphatic rings. The van der Waals surface area contributed by atoms with Gasteiger partial charge in [0.15, 0.2) is 0 Å². The molecular weight excluding hydrogens is 292 g/mol. The highest BCUT2D eigenvalue weighted by Gasteiger charge is 2.46. The Hall–Kier alpha value is -2.37. The smallest absolute Gasteiger partial charge is 0.243 e. The molecular formula is C17H22N4O2. The molecule has 0 radical (unpaired) electrons. The van der Waals surface area contributed by atoms with Crippen molar-refractivity contribution >= 4 is 22.7 Å². The van der Waals surface area contributed by atoms with E-state index in [0.29, 0.717) is 6.54 Å². The van der Waals surface area contributed by atoms with E-state index in [1.54, 1.807) is 12.4 Å². The van der Waals surface area contributed by atoms with Crippen molar-refractivity contribution in [3.05, 3.63) is 30.2 Å². The molecule has 2 aromatic rings. The Morgan fingerprint density at radius 2 is 2.22 bits per heavy atom. The van der Waals surface area contributed by atoms with Crippen molar-refractivity contribution in [2.75, 3.05) is 6.54 Å². The lowest BCUT2D eigenvalue weighted by molar-refractivity contribution is -0.128. The number of hydrogen-bond donors (Lipinski definition) is 3. The Morgan fingerprint density at radius 1 is 1.43 bits per heavy atom. The van der Waals surface area contributed by atoms with Crippen LogP contribution in [0.1, 0.15) is 32.3 Å². The van der Waals surface area contributed by atoms with Crippen molar-refractivity contribution < 1.29 is 9.59 Å². The van der Waals surface area contributed by atoms with E-state index in [1.807, 2.05) is 12.3 Å². The molecule has 3 heterocycles. The number of amides is 2. The van der Waals surface area contributed by atoms with E-state index in [4.69, 9.17) is 0 Å². The van der Waals surface area contributed by atoms with Gasteiger partial charge in [-0.05, 0) is 24.5 Å². The number of nitrogens with zero attached hydrogens (tertiary/aromatic N) is 1. The number of fused-ring (bicyclic) bond motifs is 1. The number of carbonyl (C=O) groups is 2. The second kappa shape index (κ2) is 6.02. The fourth-order valence-corrected chi connectivity index (χ4v) is 3.44. The van der Waals surface area contributed by atoms with E-state index in [9.17, 15) is 9.59 Å². The summed E-state index contributed by atoms with van der Waals surface area (Å²) in [6.45, 7) is 4.76. The zero-order chi connectivity index (χ0) is 16.4. The minimum Gasteiger partial charge on any atom is -0.360 e. The van der Waals surface area contributed by atoms with Crippen molar-refractivity contribution in [2.24, 2.45) is 5.41 Å². The van der Waals surface area contributed by atoms with Gasteiger partial charge in [-0.3, -0.25) is 14.6 Å². The molecule has 3 N–H and O–H groups in total. The van der Waals surface area contributed by atoms with E-state index in [2.05, 4.69) is 34.4 Å². The van der Waals surface area contributed by atoms with Gasteiger partial charge in [0.1, 0.15) is 6.04 Å². The van der Waals surface area contributed by atoms with Crippen LogP contribution in [-0.4, -0.2) is 34.4 Å². The Morgan fingerprint density at radius 3 is 2.96 bits per heavy atom. The van der Waals surface area contributed by atoms with Gasteiger partial charge in [0.2, 0.25) is 11.8 Å². The molecule has 2 aromatic heterocycles. The van der Waals surface area contributed by atoms with Crippen LogP contribution in [0.15, 0.2) is 24.7 Å². The van der Waals surface area contributed by atoms with Crippen molar-refractivity contribution in [3.63, 3.8) is 0 Å². The molecule has 1 aliphatic heterocycles. The molecule has 1 saturated heterocycles. The van der Waals surface area contributed by atoms with Gasteiger partial charge in [-0.2, -0.15) is 0 Å². The van der Waals surface area contributed by atoms with Crippen LogP contribution in [0.3, 0.4) is 0 Å². The summed E-state index contributed by atoms with van der Waals surface area (Å²) in [6, 6.07) is 1.44. The molecule has 1 atom stereocenters. The van der Waals surface area contributed by atoms with Gasteiger partial charge in [-0.25, -0.2) is 0 Å². The summed E-state index contributed by atoms with van der Waals surface area (Å²) in [5.41, 5.74) is 1.64. The summed E-state index contributed by atoms with van der Waals surface area (Å²) in [5, 5.41) is 6.82. The van der Waals surface area contributed by atoms with Crippen LogP contribution in [-0.2, 0) is 16.0 Å². The third kappa shape index (κ3) is 2.69. The molecule has 0 bridgehead atoms. The van der Waals surface area contributed by atoms with Crippen LogP contribution in [0.2, 0.25) is 0 Å². The number of aromatic amines is 1. The van der Waals surface area contributed by atoms with Crippen molar-refractivity contribution in [1.29, 1.82) is 0 Å². The maximum Gasteiger partial charge on any atom is 0.243 e. The summed E-state index contributed by atoms with van der Waals surface area (Å²) in [4.78, 5) is 31.7. The first-order chi connectivity index (χ1) is 11.1. The molecule has 6 nitrogen and oxygen atoms in total. The van der Waals surface area contributed by atoms with Gasteiger partial charge in [-0.15, -0.1) is 0 Å². The molecule has 3 rings (SSSR count). The van der Waals surface area contributed by atoms with Gasteiger partial charge >= 0.3 is 0 Å². The van der Waals surface area contributed by atoms with Gasteiger partial charge < -0.3 is 15.6 Å². The predicted octanol–water partition coefficient (Wildman–Crippen LogP) is 1.53. The second-order valence-electron chi connectivity index (χ2n) is 6.20. The van der Waals surface area contributed by atoms with Crippen LogP contribution in [0.4, 0.5) is 0 Å². The molecule has 6 heteroatoms. The van der Waals surface area contributed by atoms with Crippen LogP contribution < -0.4 is 10.6 Å². The number of pyridine rings is 1. The van der Waals surface area contributed by atoms with Crippen LogP contribution >= 0.6 is 0 Å². The molecule has 1 unspecified atom stereocenters. The van der Waals surface area contributed by atoms with Crippen molar-refractivity contribution in [2.45, 2.75) is 39.2 Å². The van der Waals surface area contributed by atoms with E-state index < -0.39 is 6.04 Å². The number of carbonyl (C=O) groups excluding carboxylic acids is 2. The first-order valence-electron chi connectivity index (χ1n) is 8.06. The average Bonchev–Trinajstić information content (AvgIpc) is 3.11. The first-order valence-corrected chi connectivity index (χ1v) is 8.06. The van der Waals surface area contributed by atoms with Gasteiger partial charge in [0.05, 0.1) is 18.1 Å². The predicted molar refractivity (Wildman–Crippen MR) is 87.8 cm³/mol. The number of H-pyrrole nitrogens is 1. The monoisotopic (exact) mass is 314 g/mol. The minimum atomic E-state index is -0.447. The quantitative estimate of drug-likeness (QED) is 0.782. The van der Waals surface area contributed by atoms with Crippen LogP contribution in [0, 0.1) is 5.41 Å². The second-order valence-corrected chi connectivity index (χ2v) is 6.20. The largest absolute Gasteiger partial charge is 0.360 e. The molecule has 0 aliphatic carbocycles. The number of aromatic nitrogens is 2. The molecule has 2 amide bonds. The maximum atomic E-state index is 12.5. The molecule has 23 heavy (non-hydrogen) atoms. The molecule has 0 spiro atoms. The highest BCUT2D eigenvalue weighted by atomic mass is 16.2. The van der Waals surface area contributed by atoms with Gasteiger partial charge in [-0.1, -0.05) is 13.8 Å². The topological polar surface area (TPSA) is 86.9 Å². The highest BCUT2D eigenvalue weighted by molar-refractivity contribution is 5.93. The molecule has 122 valence electrons. The Labute approximate surface area is 135 Å². The third-order valence-electron chi connectivity index (χ3n) is 5.12. The highest BCUT2D eigenvalue weighted by Crippen LogP contribution is 2.34. The summed E-state index contributed by atoms with van der Waals surface area (Å²) >= 11 is 0. The SMILES string of the molecule is CCC1(CC)CNC(=O)C1NC(=O)Cc1c[nH]c2cnccc12. The molecule has 0 saturated carbocycles. The zero-order valence-corrected chi connectivity index (χ0v) is 13.5. The Bertz CT molecular complexity index is 733. The lowest BCUT2D eigenvalue weighted by atomic mass is 9.77. The zero-order valence-electron chi connectivity index (χ0n) is 13.5. The van der Waals surface area contributed by atoms with Crippen LogP contribution in [0.25, 0.3) is 10.9 Å². The van der Waals surface area contributed by atoms with Crippen molar-refractivity contribution in [3.8, 4) is 0 Å². The maximum absolute atomic E-state index is 12.5. The van der Waals surface area contributed by atoms with Gasteiger partial charge in [0.25, 0.3) is 0 Å². The van der Waals surface area contributed by atoms with E-state index in [-0.39, 0.29) is 23.7 Å². The van der Waals surface area contributed by atoms with E-state index in [1.165, 1.54) is 0 Å². The lowest BCUT2D eigenvalue weighted by Gasteiger charge is -2.31. The molecule has 1 fully saturated rings. The van der Waals surface area contributed by atoms with Crippen LogP contribution in [0.5, 0.6) is 0 Å². The summed E-state index contributed by atoms with van der Waals surface area (Å²) in [6.07, 6.45) is 7.23. The summed E-state index contributed by atoms with van der Waals surface area (Å²) in [7, 11) is 0. The molecule has 0 aromatic carbocycles. The lowest BCUT2D eigenvalue weighted by Crippen LogP contribution is -2.49. The Balaban J connectivity index is 1.75. The number of rotatable bonds is 5. The number of hydrogen-bond acceptors (Lipinski definition) is 3. The normalized spacial score (nSPS) is 19.7. The van der Waals surface area contributed by atoms with E-state index in [0.717, 1.165) is 29.3 Å². The van der Waals surface area contributed by atoms with E-state index >= 15 is 0 Å². The fraction of sp³-hybridized carbons (Fsp3) is 0.471. The average molecular weight is 314 g/mol. The van der Waals surface area contributed by atoms with Gasteiger partial charge in [0, 0.05) is 29.7 Å². The summed E-state index contributed by atoms with van der Waals surface area (Å²) in [5.74, 6) is -0.207. The summed E-state index contributed by atoms with van der Waals surface area (Å²) < 4.78 is 0. The minimum absolute atomic E-state index is 0.0785. The Kier molecular flexibility index (Phi) is 4.07. The standard InChI is InChI=1S/C17H22N4O2/c1-3-17(4-2)10-20-16(23)15(17)21-14(22)7-11-8-19-13-9-18-6-5-12(11)13/h5-6,8-9,15,19H,3-4,7,10H2,1-2H3,(H,20,23)(H,21,22). The van der Waals surface area contributed by atoms with Crippen molar-refractivity contribution in [1.82, 2.24) is 20.6 Å². The third-order valence-corrected chi connectivity index (χ3v) is 5.12.